The van der Waals surface area contributed by atoms with E-state index in [-0.39, 0.29) is 0 Å². The minimum Gasteiger partial charge on any atom is -0.368 e. The third kappa shape index (κ3) is 1.18. The van der Waals surface area contributed by atoms with Gasteiger partial charge in [0.2, 0.25) is 0 Å². The Morgan fingerprint density at radius 2 is 2.00 bits per heavy atom. The van der Waals surface area contributed by atoms with Crippen LogP contribution < -0.4 is 4.90 Å². The van der Waals surface area contributed by atoms with Gasteiger partial charge >= 0.3 is 0 Å². The molecule has 58 valence electrons. The average Bonchev–Trinajstić information content (AvgIpc) is 2.01. The molecular formula is C8H11N3. The summed E-state index contributed by atoms with van der Waals surface area (Å²) in [4.78, 5) is 10.2. The SMILES string of the molecule is CC1CN(c2cncnc2)C1. The van der Waals surface area contributed by atoms with E-state index in [4.69, 9.17) is 0 Å². The minimum atomic E-state index is 0.829. The van der Waals surface area contributed by atoms with Crippen molar-refractivity contribution in [3.05, 3.63) is 18.7 Å². The molecule has 0 spiro atoms. The van der Waals surface area contributed by atoms with E-state index in [0.29, 0.717) is 0 Å². The van der Waals surface area contributed by atoms with Gasteiger partial charge in [-0.1, -0.05) is 6.92 Å². The summed E-state index contributed by atoms with van der Waals surface area (Å²) < 4.78 is 0. The van der Waals surface area contributed by atoms with Crippen molar-refractivity contribution in [1.29, 1.82) is 0 Å². The zero-order valence-electron chi connectivity index (χ0n) is 6.57. The van der Waals surface area contributed by atoms with Crippen molar-refractivity contribution in [2.75, 3.05) is 18.0 Å². The predicted molar refractivity (Wildman–Crippen MR) is 43.4 cm³/mol. The second-order valence-corrected chi connectivity index (χ2v) is 3.11. The Hall–Kier alpha value is -1.12. The number of anilines is 1. The van der Waals surface area contributed by atoms with Crippen LogP contribution in [-0.2, 0) is 0 Å². The first-order chi connectivity index (χ1) is 5.36. The summed E-state index contributed by atoms with van der Waals surface area (Å²) in [6.07, 6.45) is 5.28. The summed E-state index contributed by atoms with van der Waals surface area (Å²) in [6.45, 7) is 4.54. The van der Waals surface area contributed by atoms with Crippen molar-refractivity contribution in [3.63, 3.8) is 0 Å². The monoisotopic (exact) mass is 149 g/mol. The van der Waals surface area contributed by atoms with Crippen molar-refractivity contribution in [1.82, 2.24) is 9.97 Å². The van der Waals surface area contributed by atoms with Gasteiger partial charge in [0, 0.05) is 13.1 Å². The van der Waals surface area contributed by atoms with Crippen LogP contribution in [0.2, 0.25) is 0 Å². The van der Waals surface area contributed by atoms with E-state index in [9.17, 15) is 0 Å². The first-order valence-electron chi connectivity index (χ1n) is 3.86. The van der Waals surface area contributed by atoms with Crippen molar-refractivity contribution < 1.29 is 0 Å². The lowest BCUT2D eigenvalue weighted by molar-refractivity contribution is 0.446. The molecule has 0 bridgehead atoms. The fourth-order valence-electron chi connectivity index (χ4n) is 1.36. The number of rotatable bonds is 1. The van der Waals surface area contributed by atoms with Crippen LogP contribution >= 0.6 is 0 Å². The normalized spacial score (nSPS) is 18.1. The number of aromatic nitrogens is 2. The number of hydrogen-bond donors (Lipinski definition) is 0. The number of hydrogen-bond acceptors (Lipinski definition) is 3. The molecule has 2 heterocycles. The van der Waals surface area contributed by atoms with Gasteiger partial charge in [0.05, 0.1) is 18.1 Å². The summed E-state index contributed by atoms with van der Waals surface area (Å²) >= 11 is 0. The third-order valence-electron chi connectivity index (χ3n) is 1.98. The smallest absolute Gasteiger partial charge is 0.115 e. The largest absolute Gasteiger partial charge is 0.368 e. The molecule has 0 unspecified atom stereocenters. The Morgan fingerprint density at radius 3 is 2.55 bits per heavy atom. The van der Waals surface area contributed by atoms with Crippen LogP contribution in [0.3, 0.4) is 0 Å². The molecule has 0 amide bonds. The molecule has 1 aromatic heterocycles. The first kappa shape index (κ1) is 6.58. The zero-order chi connectivity index (χ0) is 7.68. The Kier molecular flexibility index (Phi) is 1.49. The maximum Gasteiger partial charge on any atom is 0.115 e. The van der Waals surface area contributed by atoms with Crippen LogP contribution in [0.5, 0.6) is 0 Å². The zero-order valence-corrected chi connectivity index (χ0v) is 6.57. The summed E-state index contributed by atoms with van der Waals surface area (Å²) in [5.41, 5.74) is 1.14. The molecular weight excluding hydrogens is 138 g/mol. The van der Waals surface area contributed by atoms with Crippen LogP contribution in [0.4, 0.5) is 5.69 Å². The number of nitrogens with zero attached hydrogens (tertiary/aromatic N) is 3. The lowest BCUT2D eigenvalue weighted by atomic mass is 10.0. The Labute approximate surface area is 66.1 Å². The Balaban J connectivity index is 2.08. The van der Waals surface area contributed by atoms with E-state index >= 15 is 0 Å². The fraction of sp³-hybridized carbons (Fsp3) is 0.500. The van der Waals surface area contributed by atoms with Gasteiger partial charge in [0.15, 0.2) is 0 Å². The van der Waals surface area contributed by atoms with Gasteiger partial charge in [-0.25, -0.2) is 9.97 Å². The van der Waals surface area contributed by atoms with E-state index < -0.39 is 0 Å². The van der Waals surface area contributed by atoms with E-state index in [2.05, 4.69) is 21.8 Å². The van der Waals surface area contributed by atoms with Gasteiger partial charge in [-0.05, 0) is 5.92 Å². The van der Waals surface area contributed by atoms with Crippen LogP contribution in [0.15, 0.2) is 18.7 Å². The predicted octanol–water partition coefficient (Wildman–Crippen LogP) is 0.933. The van der Waals surface area contributed by atoms with Gasteiger partial charge in [-0.2, -0.15) is 0 Å². The minimum absolute atomic E-state index is 0.829. The van der Waals surface area contributed by atoms with Gasteiger partial charge < -0.3 is 4.90 Å². The first-order valence-corrected chi connectivity index (χ1v) is 3.86. The molecule has 1 fully saturated rings. The van der Waals surface area contributed by atoms with Crippen LogP contribution in [0.1, 0.15) is 6.92 Å². The molecule has 0 radical (unpaired) electrons. The molecule has 2 rings (SSSR count). The Bertz CT molecular complexity index is 228. The average molecular weight is 149 g/mol. The van der Waals surface area contributed by atoms with Gasteiger partial charge in [0.1, 0.15) is 6.33 Å². The van der Waals surface area contributed by atoms with E-state index in [1.54, 1.807) is 6.33 Å². The maximum atomic E-state index is 3.96. The highest BCUT2D eigenvalue weighted by Gasteiger charge is 2.22. The van der Waals surface area contributed by atoms with Crippen molar-refractivity contribution in [2.24, 2.45) is 5.92 Å². The molecule has 0 aliphatic carbocycles. The topological polar surface area (TPSA) is 29.0 Å². The van der Waals surface area contributed by atoms with Crippen LogP contribution in [-0.4, -0.2) is 23.1 Å². The lowest BCUT2D eigenvalue weighted by Gasteiger charge is -2.38. The summed E-state index contributed by atoms with van der Waals surface area (Å²) in [5.74, 6) is 0.829. The van der Waals surface area contributed by atoms with Crippen molar-refractivity contribution >= 4 is 5.69 Å². The molecule has 1 saturated heterocycles. The van der Waals surface area contributed by atoms with Gasteiger partial charge in [-0.15, -0.1) is 0 Å². The third-order valence-corrected chi connectivity index (χ3v) is 1.98. The van der Waals surface area contributed by atoms with Crippen LogP contribution in [0.25, 0.3) is 0 Å². The Morgan fingerprint density at radius 1 is 1.36 bits per heavy atom. The second-order valence-electron chi connectivity index (χ2n) is 3.11. The summed E-state index contributed by atoms with van der Waals surface area (Å²) in [6, 6.07) is 0. The van der Waals surface area contributed by atoms with Crippen LogP contribution in [0, 0.1) is 5.92 Å². The molecule has 3 nitrogen and oxygen atoms in total. The molecule has 1 aliphatic rings. The summed E-state index contributed by atoms with van der Waals surface area (Å²) in [7, 11) is 0. The molecule has 11 heavy (non-hydrogen) atoms. The van der Waals surface area contributed by atoms with Gasteiger partial charge in [0.25, 0.3) is 0 Å². The molecule has 0 aromatic carbocycles. The highest BCUT2D eigenvalue weighted by Crippen LogP contribution is 2.21. The van der Waals surface area contributed by atoms with E-state index in [1.807, 2.05) is 12.4 Å². The van der Waals surface area contributed by atoms with E-state index in [0.717, 1.165) is 24.7 Å². The highest BCUT2D eigenvalue weighted by atomic mass is 15.2. The van der Waals surface area contributed by atoms with Crippen molar-refractivity contribution in [3.8, 4) is 0 Å². The molecule has 0 saturated carbocycles. The molecule has 1 aromatic rings. The molecule has 3 heteroatoms. The molecule has 1 aliphatic heterocycles. The van der Waals surface area contributed by atoms with Crippen molar-refractivity contribution in [2.45, 2.75) is 6.92 Å². The van der Waals surface area contributed by atoms with Gasteiger partial charge in [-0.3, -0.25) is 0 Å². The molecule has 0 atom stereocenters. The lowest BCUT2D eigenvalue weighted by Crippen LogP contribution is -2.45. The standard InChI is InChI=1S/C8H11N3/c1-7-4-11(5-7)8-2-9-6-10-3-8/h2-3,6-7H,4-5H2,1H3. The summed E-state index contributed by atoms with van der Waals surface area (Å²) in [5, 5.41) is 0. The second kappa shape index (κ2) is 2.49. The maximum absolute atomic E-state index is 3.96. The highest BCUT2D eigenvalue weighted by molar-refractivity contribution is 5.44. The van der Waals surface area contributed by atoms with E-state index in [1.165, 1.54) is 0 Å². The molecule has 0 N–H and O–H groups in total. The fourth-order valence-corrected chi connectivity index (χ4v) is 1.36. The quantitative estimate of drug-likeness (QED) is 0.595.